The van der Waals surface area contributed by atoms with Crippen molar-refractivity contribution in [1.82, 2.24) is 0 Å². The molecule has 6 nitrogen and oxygen atoms in total. The Labute approximate surface area is 182 Å². The molecular weight excluding hydrogens is 419 g/mol. The van der Waals surface area contributed by atoms with Crippen LogP contribution in [0.2, 0.25) is 0 Å². The van der Waals surface area contributed by atoms with Crippen LogP contribution in [0.5, 0.6) is 5.75 Å². The van der Waals surface area contributed by atoms with Crippen molar-refractivity contribution >= 4 is 27.3 Å². The zero-order valence-electron chi connectivity index (χ0n) is 17.6. The van der Waals surface area contributed by atoms with Crippen LogP contribution < -0.4 is 14.4 Å². The number of benzene rings is 2. The third-order valence-corrected chi connectivity index (χ3v) is 8.21. The lowest BCUT2D eigenvalue weighted by molar-refractivity contribution is -0.122. The van der Waals surface area contributed by atoms with E-state index < -0.39 is 21.3 Å². The molecule has 1 amide bonds. The lowest BCUT2D eigenvalue weighted by Crippen LogP contribution is -2.42. The molecule has 1 aliphatic heterocycles. The van der Waals surface area contributed by atoms with E-state index in [9.17, 15) is 17.6 Å². The van der Waals surface area contributed by atoms with Gasteiger partial charge in [0.1, 0.15) is 11.6 Å². The third kappa shape index (κ3) is 4.13. The van der Waals surface area contributed by atoms with E-state index in [-0.39, 0.29) is 23.9 Å². The predicted molar refractivity (Wildman–Crippen MR) is 119 cm³/mol. The number of halogens is 1. The summed E-state index contributed by atoms with van der Waals surface area (Å²) in [5.41, 5.74) is 0.619. The smallest absolute Gasteiger partial charge is 0.235 e. The van der Waals surface area contributed by atoms with Gasteiger partial charge in [0.25, 0.3) is 0 Å². The fraction of sp³-hybridized carbons (Fsp3) is 0.435. The average molecular weight is 447 g/mol. The highest BCUT2D eigenvalue weighted by molar-refractivity contribution is 7.93. The second kappa shape index (κ2) is 8.49. The van der Waals surface area contributed by atoms with Crippen molar-refractivity contribution in [2.24, 2.45) is 0 Å². The van der Waals surface area contributed by atoms with E-state index in [0.717, 1.165) is 47.7 Å². The molecule has 0 bridgehead atoms. The van der Waals surface area contributed by atoms with E-state index in [1.807, 2.05) is 24.3 Å². The van der Waals surface area contributed by atoms with Gasteiger partial charge in [0.15, 0.2) is 0 Å². The topological polar surface area (TPSA) is 75.7 Å². The molecule has 1 aliphatic carbocycles. The van der Waals surface area contributed by atoms with E-state index in [1.165, 1.54) is 18.2 Å². The molecule has 0 unspecified atom stereocenters. The Kier molecular flexibility index (Phi) is 5.92. The fourth-order valence-corrected chi connectivity index (χ4v) is 6.22. The predicted octanol–water partition coefficient (Wildman–Crippen LogP) is 4.21. The summed E-state index contributed by atoms with van der Waals surface area (Å²) in [7, 11) is -1.92. The number of amides is 1. The fourth-order valence-electron chi connectivity index (χ4n) is 4.65. The van der Waals surface area contributed by atoms with E-state index in [2.05, 4.69) is 5.32 Å². The van der Waals surface area contributed by atoms with Gasteiger partial charge in [0.2, 0.25) is 15.9 Å². The van der Waals surface area contributed by atoms with Crippen LogP contribution in [0, 0.1) is 5.82 Å². The molecule has 4 rings (SSSR count). The minimum Gasteiger partial charge on any atom is -0.497 e. The van der Waals surface area contributed by atoms with Crippen molar-refractivity contribution in [2.45, 2.75) is 43.9 Å². The number of methoxy groups -OCH3 is 1. The highest BCUT2D eigenvalue weighted by Crippen LogP contribution is 2.41. The van der Waals surface area contributed by atoms with Gasteiger partial charge in [-0.1, -0.05) is 31.4 Å². The van der Waals surface area contributed by atoms with E-state index in [4.69, 9.17) is 4.74 Å². The summed E-state index contributed by atoms with van der Waals surface area (Å²) in [6.45, 7) is 0.242. The maximum atomic E-state index is 14.4. The lowest BCUT2D eigenvalue weighted by Gasteiger charge is -2.36. The zero-order valence-corrected chi connectivity index (χ0v) is 18.4. The molecule has 8 heteroatoms. The Balaban J connectivity index is 1.64. The van der Waals surface area contributed by atoms with Crippen LogP contribution in [0.4, 0.5) is 15.8 Å². The molecule has 1 N–H and O–H groups in total. The Morgan fingerprint density at radius 3 is 2.39 bits per heavy atom. The molecule has 0 aromatic heterocycles. The molecule has 2 aliphatic rings. The average Bonchev–Trinajstić information content (AvgIpc) is 3.14. The standard InChI is InChI=1S/C23H27FN2O4S/c1-30-19-9-6-17(7-10-19)23(12-3-2-4-13-23)22(27)25-18-8-11-20(24)21(16-18)26-14-5-15-31(26,28)29/h6-11,16H,2-5,12-15H2,1H3,(H,25,27). The lowest BCUT2D eigenvalue weighted by atomic mass is 9.68. The number of carbonyl (C=O) groups excluding carboxylic acids is 1. The second-order valence-electron chi connectivity index (χ2n) is 8.23. The Morgan fingerprint density at radius 1 is 1.06 bits per heavy atom. The molecule has 2 aromatic carbocycles. The molecule has 31 heavy (non-hydrogen) atoms. The number of ether oxygens (including phenoxy) is 1. The van der Waals surface area contributed by atoms with Crippen molar-refractivity contribution in [3.63, 3.8) is 0 Å². The Bertz CT molecular complexity index is 1060. The Morgan fingerprint density at radius 2 is 1.77 bits per heavy atom. The molecule has 0 atom stereocenters. The van der Waals surface area contributed by atoms with Gasteiger partial charge in [0, 0.05) is 12.2 Å². The Hall–Kier alpha value is -2.61. The zero-order chi connectivity index (χ0) is 22.1. The number of hydrogen-bond donors (Lipinski definition) is 1. The number of carbonyl (C=O) groups is 1. The summed E-state index contributed by atoms with van der Waals surface area (Å²) in [4.78, 5) is 13.5. The summed E-state index contributed by atoms with van der Waals surface area (Å²) >= 11 is 0. The summed E-state index contributed by atoms with van der Waals surface area (Å²) in [6.07, 6.45) is 4.87. The van der Waals surface area contributed by atoms with E-state index in [1.54, 1.807) is 7.11 Å². The third-order valence-electron chi connectivity index (χ3n) is 6.36. The maximum absolute atomic E-state index is 14.4. The van der Waals surface area contributed by atoms with Gasteiger partial charge in [-0.2, -0.15) is 0 Å². The van der Waals surface area contributed by atoms with Gasteiger partial charge in [0.05, 0.1) is 24.0 Å². The second-order valence-corrected chi connectivity index (χ2v) is 10.2. The maximum Gasteiger partial charge on any atom is 0.235 e. The van der Waals surface area contributed by atoms with Crippen molar-refractivity contribution in [3.05, 3.63) is 53.8 Å². The number of nitrogens with zero attached hydrogens (tertiary/aromatic N) is 1. The van der Waals surface area contributed by atoms with Crippen LogP contribution in [0.1, 0.15) is 44.1 Å². The molecule has 1 saturated carbocycles. The van der Waals surface area contributed by atoms with Crippen molar-refractivity contribution in [2.75, 3.05) is 29.0 Å². The first kappa shape index (κ1) is 21.6. The number of sulfonamides is 1. The molecule has 2 fully saturated rings. The quantitative estimate of drug-likeness (QED) is 0.746. The minimum absolute atomic E-state index is 0.00358. The first-order valence-electron chi connectivity index (χ1n) is 10.6. The van der Waals surface area contributed by atoms with Crippen molar-refractivity contribution < 1.29 is 22.3 Å². The molecule has 1 saturated heterocycles. The molecule has 0 radical (unpaired) electrons. The van der Waals surface area contributed by atoms with Crippen LogP contribution in [0.3, 0.4) is 0 Å². The SMILES string of the molecule is COc1ccc(C2(C(=O)Nc3ccc(F)c(N4CCCS4(=O)=O)c3)CCCCC2)cc1. The van der Waals surface area contributed by atoms with Gasteiger partial charge in [-0.25, -0.2) is 12.8 Å². The molecular formula is C23H27FN2O4S. The van der Waals surface area contributed by atoms with Gasteiger partial charge < -0.3 is 10.1 Å². The largest absolute Gasteiger partial charge is 0.497 e. The van der Waals surface area contributed by atoms with Crippen LogP contribution in [0.25, 0.3) is 0 Å². The van der Waals surface area contributed by atoms with Crippen molar-refractivity contribution in [1.29, 1.82) is 0 Å². The van der Waals surface area contributed by atoms with Crippen LogP contribution in [0.15, 0.2) is 42.5 Å². The first-order valence-corrected chi connectivity index (χ1v) is 12.2. The molecule has 166 valence electrons. The van der Waals surface area contributed by atoms with E-state index >= 15 is 0 Å². The van der Waals surface area contributed by atoms with Gasteiger partial charge in [-0.3, -0.25) is 9.10 Å². The van der Waals surface area contributed by atoms with Crippen LogP contribution in [-0.4, -0.2) is 33.7 Å². The number of anilines is 2. The number of hydrogen-bond acceptors (Lipinski definition) is 4. The van der Waals surface area contributed by atoms with Gasteiger partial charge in [-0.05, 0) is 55.2 Å². The van der Waals surface area contributed by atoms with Crippen LogP contribution in [-0.2, 0) is 20.2 Å². The number of rotatable bonds is 5. The van der Waals surface area contributed by atoms with Crippen LogP contribution >= 0.6 is 0 Å². The normalized spacial score (nSPS) is 19.7. The summed E-state index contributed by atoms with van der Waals surface area (Å²) in [5, 5.41) is 2.94. The summed E-state index contributed by atoms with van der Waals surface area (Å²) in [6, 6.07) is 11.7. The highest BCUT2D eigenvalue weighted by atomic mass is 32.2. The monoisotopic (exact) mass is 446 g/mol. The highest BCUT2D eigenvalue weighted by Gasteiger charge is 2.41. The molecule has 2 aromatic rings. The molecule has 0 spiro atoms. The summed E-state index contributed by atoms with van der Waals surface area (Å²) < 4.78 is 45.3. The minimum atomic E-state index is -3.52. The van der Waals surface area contributed by atoms with Gasteiger partial charge >= 0.3 is 0 Å². The van der Waals surface area contributed by atoms with E-state index in [0.29, 0.717) is 12.1 Å². The summed E-state index contributed by atoms with van der Waals surface area (Å²) in [5.74, 6) is -0.0424. The van der Waals surface area contributed by atoms with Gasteiger partial charge in [-0.15, -0.1) is 0 Å². The number of nitrogens with one attached hydrogen (secondary N) is 1. The first-order chi connectivity index (χ1) is 14.9. The molecule has 1 heterocycles. The van der Waals surface area contributed by atoms with Crippen molar-refractivity contribution in [3.8, 4) is 5.75 Å².